The van der Waals surface area contributed by atoms with Gasteiger partial charge >= 0.3 is 0 Å². The van der Waals surface area contributed by atoms with Crippen LogP contribution in [0.15, 0.2) is 18.2 Å². The third-order valence-electron chi connectivity index (χ3n) is 1.20. The second kappa shape index (κ2) is 2.62. The molecular formula is C8H10N. The van der Waals surface area contributed by atoms with Gasteiger partial charge in [0.25, 0.3) is 0 Å². The van der Waals surface area contributed by atoms with E-state index in [9.17, 15) is 0 Å². The fourth-order valence-corrected chi connectivity index (χ4v) is 0.739. The molecule has 0 spiro atoms. The van der Waals surface area contributed by atoms with Crippen LogP contribution in [-0.2, 0) is 6.42 Å². The quantitative estimate of drug-likeness (QED) is 0.550. The van der Waals surface area contributed by atoms with E-state index in [4.69, 9.17) is 0 Å². The summed E-state index contributed by atoms with van der Waals surface area (Å²) in [5, 5.41) is 0. The van der Waals surface area contributed by atoms with Gasteiger partial charge in [0, 0.05) is 11.4 Å². The predicted molar refractivity (Wildman–Crippen MR) is 38.0 cm³/mol. The first-order valence-corrected chi connectivity index (χ1v) is 3.04. The van der Waals surface area contributed by atoms with Crippen molar-refractivity contribution >= 4 is 0 Å². The van der Waals surface area contributed by atoms with E-state index >= 15 is 0 Å². The minimum absolute atomic E-state index is 0.779. The van der Waals surface area contributed by atoms with Gasteiger partial charge in [-0.3, -0.25) is 4.98 Å². The van der Waals surface area contributed by atoms with E-state index in [2.05, 4.69) is 11.9 Å². The molecule has 0 aliphatic rings. The maximum Gasteiger partial charge on any atom is 0.0406 e. The van der Waals surface area contributed by atoms with Crippen LogP contribution in [0.4, 0.5) is 0 Å². The first kappa shape index (κ1) is 6.27. The van der Waals surface area contributed by atoms with Crippen molar-refractivity contribution in [2.75, 3.05) is 0 Å². The first-order chi connectivity index (χ1) is 4.33. The maximum absolute atomic E-state index is 4.23. The third-order valence-corrected chi connectivity index (χ3v) is 1.20. The van der Waals surface area contributed by atoms with Gasteiger partial charge in [0.1, 0.15) is 0 Å². The van der Waals surface area contributed by atoms with Gasteiger partial charge < -0.3 is 0 Å². The molecule has 0 saturated carbocycles. The molecule has 0 atom stereocenters. The van der Waals surface area contributed by atoms with Crippen LogP contribution in [0.1, 0.15) is 11.4 Å². The van der Waals surface area contributed by atoms with Crippen LogP contribution in [0.5, 0.6) is 0 Å². The van der Waals surface area contributed by atoms with Crippen LogP contribution in [-0.4, -0.2) is 4.98 Å². The zero-order valence-electron chi connectivity index (χ0n) is 5.59. The van der Waals surface area contributed by atoms with Crippen molar-refractivity contribution in [3.63, 3.8) is 0 Å². The Labute approximate surface area is 55.7 Å². The third kappa shape index (κ3) is 1.53. The molecule has 0 amide bonds. The standard InChI is InChI=1S/C8H10N/c1-3-8-6-4-5-7(2)9-8/h4-6H,1,3H2,2H3. The summed E-state index contributed by atoms with van der Waals surface area (Å²) in [7, 11) is 0. The summed E-state index contributed by atoms with van der Waals surface area (Å²) in [5.41, 5.74) is 2.13. The Morgan fingerprint density at radius 3 is 2.78 bits per heavy atom. The van der Waals surface area contributed by atoms with Crippen LogP contribution >= 0.6 is 0 Å². The van der Waals surface area contributed by atoms with Gasteiger partial charge in [-0.1, -0.05) is 6.07 Å². The van der Waals surface area contributed by atoms with E-state index < -0.39 is 0 Å². The maximum atomic E-state index is 4.23. The highest BCUT2D eigenvalue weighted by molar-refractivity contribution is 5.10. The molecule has 0 aliphatic heterocycles. The van der Waals surface area contributed by atoms with E-state index in [1.807, 2.05) is 25.1 Å². The normalized spacial score (nSPS) is 9.56. The molecule has 1 aromatic rings. The molecule has 1 nitrogen and oxygen atoms in total. The van der Waals surface area contributed by atoms with Crippen molar-refractivity contribution in [2.24, 2.45) is 0 Å². The molecule has 0 saturated heterocycles. The highest BCUT2D eigenvalue weighted by Gasteiger charge is 1.87. The Morgan fingerprint density at radius 2 is 2.33 bits per heavy atom. The van der Waals surface area contributed by atoms with Crippen molar-refractivity contribution in [3.8, 4) is 0 Å². The molecule has 0 N–H and O–H groups in total. The summed E-state index contributed by atoms with van der Waals surface area (Å²) in [6.07, 6.45) is 0.779. The topological polar surface area (TPSA) is 12.9 Å². The lowest BCUT2D eigenvalue weighted by Crippen LogP contribution is -1.87. The molecule has 47 valence electrons. The lowest BCUT2D eigenvalue weighted by Gasteiger charge is -1.94. The summed E-state index contributed by atoms with van der Waals surface area (Å²) < 4.78 is 0. The molecule has 1 rings (SSSR count). The highest BCUT2D eigenvalue weighted by atomic mass is 14.7. The average molecular weight is 120 g/mol. The first-order valence-electron chi connectivity index (χ1n) is 3.04. The number of aryl methyl sites for hydroxylation is 1. The van der Waals surface area contributed by atoms with E-state index in [1.165, 1.54) is 0 Å². The Balaban J connectivity index is 2.94. The Kier molecular flexibility index (Phi) is 1.83. The average Bonchev–Trinajstić information content (AvgIpc) is 1.88. The van der Waals surface area contributed by atoms with Gasteiger partial charge in [0.2, 0.25) is 0 Å². The molecule has 1 heterocycles. The minimum Gasteiger partial charge on any atom is -0.258 e. The largest absolute Gasteiger partial charge is 0.258 e. The van der Waals surface area contributed by atoms with Crippen LogP contribution in [0.2, 0.25) is 0 Å². The lowest BCUT2D eigenvalue weighted by atomic mass is 10.3. The zero-order valence-corrected chi connectivity index (χ0v) is 5.59. The summed E-state index contributed by atoms with van der Waals surface area (Å²) in [6, 6.07) is 5.97. The molecule has 0 fully saturated rings. The van der Waals surface area contributed by atoms with Crippen molar-refractivity contribution in [3.05, 3.63) is 36.5 Å². The van der Waals surface area contributed by atoms with Crippen molar-refractivity contribution in [2.45, 2.75) is 13.3 Å². The molecule has 0 aliphatic carbocycles. The molecule has 1 radical (unpaired) electrons. The number of hydrogen-bond donors (Lipinski definition) is 0. The van der Waals surface area contributed by atoms with E-state index in [-0.39, 0.29) is 0 Å². The van der Waals surface area contributed by atoms with Gasteiger partial charge in [-0.2, -0.15) is 0 Å². The zero-order chi connectivity index (χ0) is 6.69. The second-order valence-electron chi connectivity index (χ2n) is 2.02. The van der Waals surface area contributed by atoms with Crippen molar-refractivity contribution in [1.82, 2.24) is 4.98 Å². The van der Waals surface area contributed by atoms with Crippen molar-refractivity contribution in [1.29, 1.82) is 0 Å². The number of hydrogen-bond acceptors (Lipinski definition) is 1. The summed E-state index contributed by atoms with van der Waals surface area (Å²) in [5.74, 6) is 0. The van der Waals surface area contributed by atoms with Gasteiger partial charge in [-0.15, -0.1) is 0 Å². The van der Waals surface area contributed by atoms with E-state index in [0.717, 1.165) is 17.8 Å². The van der Waals surface area contributed by atoms with Crippen molar-refractivity contribution < 1.29 is 0 Å². The molecular weight excluding hydrogens is 110 g/mol. The molecule has 1 aromatic heterocycles. The Morgan fingerprint density at radius 1 is 1.56 bits per heavy atom. The molecule has 0 aromatic carbocycles. The number of pyridine rings is 1. The Hall–Kier alpha value is -0.850. The monoisotopic (exact) mass is 120 g/mol. The fourth-order valence-electron chi connectivity index (χ4n) is 0.739. The number of aromatic nitrogens is 1. The minimum atomic E-state index is 0.779. The number of rotatable bonds is 1. The van der Waals surface area contributed by atoms with E-state index in [0.29, 0.717) is 0 Å². The van der Waals surface area contributed by atoms with Gasteiger partial charge in [0.15, 0.2) is 0 Å². The van der Waals surface area contributed by atoms with E-state index in [1.54, 1.807) is 0 Å². The highest BCUT2D eigenvalue weighted by Crippen LogP contribution is 1.96. The SMILES string of the molecule is [CH2]Cc1cccc(C)n1. The molecule has 1 heteroatoms. The summed E-state index contributed by atoms with van der Waals surface area (Å²) in [6.45, 7) is 5.72. The second-order valence-corrected chi connectivity index (χ2v) is 2.02. The van der Waals surface area contributed by atoms with Crippen LogP contribution in [0, 0.1) is 13.8 Å². The fraction of sp³-hybridized carbons (Fsp3) is 0.250. The van der Waals surface area contributed by atoms with Gasteiger partial charge in [-0.05, 0) is 32.4 Å². The predicted octanol–water partition coefficient (Wildman–Crippen LogP) is 1.77. The molecule has 0 unspecified atom stereocenters. The summed E-state index contributed by atoms with van der Waals surface area (Å²) >= 11 is 0. The Bertz CT molecular complexity index is 194. The summed E-state index contributed by atoms with van der Waals surface area (Å²) in [4.78, 5) is 4.23. The molecule has 9 heavy (non-hydrogen) atoms. The number of nitrogens with zero attached hydrogens (tertiary/aromatic N) is 1. The lowest BCUT2D eigenvalue weighted by molar-refractivity contribution is 1.06. The van der Waals surface area contributed by atoms with Gasteiger partial charge in [-0.25, -0.2) is 0 Å². The van der Waals surface area contributed by atoms with Crippen LogP contribution < -0.4 is 0 Å². The van der Waals surface area contributed by atoms with Crippen LogP contribution in [0.25, 0.3) is 0 Å². The van der Waals surface area contributed by atoms with Crippen LogP contribution in [0.3, 0.4) is 0 Å². The molecule has 0 bridgehead atoms. The smallest absolute Gasteiger partial charge is 0.0406 e. The van der Waals surface area contributed by atoms with Gasteiger partial charge in [0.05, 0.1) is 0 Å².